The van der Waals surface area contributed by atoms with E-state index in [0.29, 0.717) is 19.3 Å². The summed E-state index contributed by atoms with van der Waals surface area (Å²) in [6.45, 7) is 6.47. The van der Waals surface area contributed by atoms with E-state index in [0.717, 1.165) is 135 Å². The Labute approximate surface area is 426 Å². The summed E-state index contributed by atoms with van der Waals surface area (Å²) in [6, 6.07) is 0. The Kier molecular flexibility index (Phi) is 53.9. The molecule has 0 saturated carbocycles. The van der Waals surface area contributed by atoms with Gasteiger partial charge in [0.2, 0.25) is 0 Å². The van der Waals surface area contributed by atoms with Crippen LogP contribution in [0.15, 0.2) is 97.2 Å². The van der Waals surface area contributed by atoms with Crippen molar-refractivity contribution in [1.29, 1.82) is 0 Å². The van der Waals surface area contributed by atoms with Gasteiger partial charge >= 0.3 is 17.9 Å². The number of unbranched alkanes of at least 4 members (excludes halogenated alkanes) is 26. The van der Waals surface area contributed by atoms with Crippen molar-refractivity contribution in [2.75, 3.05) is 13.2 Å². The Hall–Kier alpha value is -3.67. The van der Waals surface area contributed by atoms with Crippen molar-refractivity contribution >= 4 is 17.9 Å². The highest BCUT2D eigenvalue weighted by Gasteiger charge is 2.19. The molecule has 0 aliphatic rings. The Morgan fingerprint density at radius 1 is 0.319 bits per heavy atom. The average Bonchev–Trinajstić information content (AvgIpc) is 3.35. The van der Waals surface area contributed by atoms with Crippen LogP contribution in [-0.4, -0.2) is 37.2 Å². The molecule has 0 bridgehead atoms. The molecule has 0 aliphatic heterocycles. The van der Waals surface area contributed by atoms with Gasteiger partial charge in [-0.2, -0.15) is 0 Å². The number of hydrogen-bond donors (Lipinski definition) is 0. The molecular formula is C63H106O6. The van der Waals surface area contributed by atoms with Crippen molar-refractivity contribution in [1.82, 2.24) is 0 Å². The number of rotatable bonds is 51. The zero-order chi connectivity index (χ0) is 50.0. The van der Waals surface area contributed by atoms with E-state index < -0.39 is 6.10 Å². The minimum Gasteiger partial charge on any atom is -0.462 e. The normalized spacial score (nSPS) is 12.8. The summed E-state index contributed by atoms with van der Waals surface area (Å²) in [5.74, 6) is -0.944. The molecule has 1 unspecified atom stereocenters. The molecule has 0 spiro atoms. The van der Waals surface area contributed by atoms with Crippen LogP contribution in [0.2, 0.25) is 0 Å². The van der Waals surface area contributed by atoms with Crippen molar-refractivity contribution in [2.45, 2.75) is 271 Å². The smallest absolute Gasteiger partial charge is 0.306 e. The summed E-state index contributed by atoms with van der Waals surface area (Å²) in [5, 5.41) is 0. The van der Waals surface area contributed by atoms with Gasteiger partial charge in [-0.25, -0.2) is 0 Å². The Morgan fingerprint density at radius 3 is 1.03 bits per heavy atom. The average molecular weight is 960 g/mol. The molecule has 6 heteroatoms. The van der Waals surface area contributed by atoms with Gasteiger partial charge in [-0.05, 0) is 109 Å². The summed E-state index contributed by atoms with van der Waals surface area (Å²) in [7, 11) is 0. The quantitative estimate of drug-likeness (QED) is 0.0199. The predicted molar refractivity (Wildman–Crippen MR) is 297 cm³/mol. The lowest BCUT2D eigenvalue weighted by Crippen LogP contribution is -2.30. The third-order valence-corrected chi connectivity index (χ3v) is 12.1. The van der Waals surface area contributed by atoms with E-state index in [2.05, 4.69) is 118 Å². The van der Waals surface area contributed by atoms with Crippen LogP contribution >= 0.6 is 0 Å². The largest absolute Gasteiger partial charge is 0.462 e. The molecule has 0 aromatic rings. The van der Waals surface area contributed by atoms with E-state index in [1.807, 2.05) is 0 Å². The topological polar surface area (TPSA) is 78.9 Å². The Bertz CT molecular complexity index is 1380. The summed E-state index contributed by atoms with van der Waals surface area (Å²) in [4.78, 5) is 38.2. The van der Waals surface area contributed by atoms with Crippen LogP contribution in [0.3, 0.4) is 0 Å². The summed E-state index contributed by atoms with van der Waals surface area (Å²) in [5.41, 5.74) is 0. The van der Waals surface area contributed by atoms with Gasteiger partial charge in [0.05, 0.1) is 0 Å². The second-order valence-corrected chi connectivity index (χ2v) is 18.9. The predicted octanol–water partition coefficient (Wildman–Crippen LogP) is 19.3. The number of hydrogen-bond acceptors (Lipinski definition) is 6. The van der Waals surface area contributed by atoms with E-state index in [4.69, 9.17) is 14.2 Å². The second-order valence-electron chi connectivity index (χ2n) is 18.9. The van der Waals surface area contributed by atoms with Crippen molar-refractivity contribution in [2.24, 2.45) is 0 Å². The van der Waals surface area contributed by atoms with E-state index in [9.17, 15) is 14.4 Å². The number of carbonyl (C=O) groups is 3. The van der Waals surface area contributed by atoms with Gasteiger partial charge in [-0.1, -0.05) is 234 Å². The van der Waals surface area contributed by atoms with Crippen LogP contribution in [0.4, 0.5) is 0 Å². The van der Waals surface area contributed by atoms with Crippen molar-refractivity contribution in [3.8, 4) is 0 Å². The minimum absolute atomic E-state index is 0.0987. The van der Waals surface area contributed by atoms with Gasteiger partial charge < -0.3 is 14.2 Å². The van der Waals surface area contributed by atoms with Crippen LogP contribution in [0.25, 0.3) is 0 Å². The molecular weight excluding hydrogens is 853 g/mol. The van der Waals surface area contributed by atoms with Crippen LogP contribution in [-0.2, 0) is 28.6 Å². The molecule has 0 aromatic heterocycles. The molecule has 0 aromatic carbocycles. The van der Waals surface area contributed by atoms with Crippen molar-refractivity contribution in [3.63, 3.8) is 0 Å². The molecule has 0 radical (unpaired) electrons. The fraction of sp³-hybridized carbons (Fsp3) is 0.698. The number of ether oxygens (including phenoxy) is 3. The first-order valence-electron chi connectivity index (χ1n) is 28.8. The van der Waals surface area contributed by atoms with Gasteiger partial charge in [-0.3, -0.25) is 14.4 Å². The SMILES string of the molecule is CC/C=C\C/C=C\C/C=C\C/C=C\CCCCCCCCC(=O)OCC(COC(=O)CCCCC/C=C\CCCCCCCCC)OC(=O)CCCCCCC\C=C/C=C\C=C/CCCCCCC. The molecule has 0 rings (SSSR count). The molecule has 394 valence electrons. The maximum Gasteiger partial charge on any atom is 0.306 e. The van der Waals surface area contributed by atoms with E-state index in [1.165, 1.54) is 89.9 Å². The van der Waals surface area contributed by atoms with Crippen LogP contribution in [0.5, 0.6) is 0 Å². The monoisotopic (exact) mass is 959 g/mol. The lowest BCUT2D eigenvalue weighted by molar-refractivity contribution is -0.167. The number of allylic oxidation sites excluding steroid dienone is 16. The summed E-state index contributed by atoms with van der Waals surface area (Å²) < 4.78 is 16.8. The van der Waals surface area contributed by atoms with Crippen molar-refractivity contribution in [3.05, 3.63) is 97.2 Å². The highest BCUT2D eigenvalue weighted by molar-refractivity contribution is 5.71. The molecule has 0 amide bonds. The van der Waals surface area contributed by atoms with E-state index in [1.54, 1.807) is 0 Å². The Morgan fingerprint density at radius 2 is 0.623 bits per heavy atom. The summed E-state index contributed by atoms with van der Waals surface area (Å²) >= 11 is 0. The Balaban J connectivity index is 4.47. The minimum atomic E-state index is -0.802. The molecule has 0 heterocycles. The zero-order valence-electron chi connectivity index (χ0n) is 45.0. The van der Waals surface area contributed by atoms with E-state index in [-0.39, 0.29) is 31.1 Å². The van der Waals surface area contributed by atoms with Crippen LogP contribution < -0.4 is 0 Å². The van der Waals surface area contributed by atoms with Crippen LogP contribution in [0.1, 0.15) is 265 Å². The first-order chi connectivity index (χ1) is 34.0. The van der Waals surface area contributed by atoms with Gasteiger partial charge in [0.25, 0.3) is 0 Å². The number of carbonyl (C=O) groups excluding carboxylic acids is 3. The summed E-state index contributed by atoms with van der Waals surface area (Å²) in [6.07, 6.45) is 75.3. The highest BCUT2D eigenvalue weighted by Crippen LogP contribution is 2.14. The van der Waals surface area contributed by atoms with Gasteiger partial charge in [0.15, 0.2) is 6.10 Å². The first-order valence-corrected chi connectivity index (χ1v) is 28.8. The molecule has 1 atom stereocenters. The van der Waals surface area contributed by atoms with Crippen LogP contribution in [0, 0.1) is 0 Å². The highest BCUT2D eigenvalue weighted by atomic mass is 16.6. The third kappa shape index (κ3) is 55.1. The molecule has 0 saturated heterocycles. The standard InChI is InChI=1S/C63H106O6/c1-4-7-10-13-16-19-22-25-28-30-32-34-35-38-41-44-47-50-53-56-62(65)68-59-60(58-67-61(64)55-52-49-46-43-40-37-27-24-21-18-15-12-9-6-3)69-63(66)57-54-51-48-45-42-39-36-33-31-29-26-23-20-17-14-11-8-5-2/h7,10,16,19,23,25-26,28-29,31-34,36-37,40,60H,4-6,8-9,11-15,17-18,20-22,24,27,30,35,38-39,41-59H2,1-3H3/b10-7-,19-16-,26-23-,28-25-,31-29-,34-32-,36-33-,40-37-. The third-order valence-electron chi connectivity index (χ3n) is 12.1. The fourth-order valence-electron chi connectivity index (χ4n) is 7.78. The molecule has 0 fully saturated rings. The van der Waals surface area contributed by atoms with E-state index >= 15 is 0 Å². The molecule has 6 nitrogen and oxygen atoms in total. The van der Waals surface area contributed by atoms with Gasteiger partial charge in [-0.15, -0.1) is 0 Å². The molecule has 69 heavy (non-hydrogen) atoms. The van der Waals surface area contributed by atoms with Gasteiger partial charge in [0.1, 0.15) is 13.2 Å². The second kappa shape index (κ2) is 56.9. The lowest BCUT2D eigenvalue weighted by atomic mass is 10.1. The molecule has 0 N–H and O–H groups in total. The molecule has 0 aliphatic carbocycles. The zero-order valence-corrected chi connectivity index (χ0v) is 45.0. The van der Waals surface area contributed by atoms with Crippen molar-refractivity contribution < 1.29 is 28.6 Å². The first kappa shape index (κ1) is 65.3. The fourth-order valence-corrected chi connectivity index (χ4v) is 7.78. The number of esters is 3. The lowest BCUT2D eigenvalue weighted by Gasteiger charge is -2.18. The maximum atomic E-state index is 12.9. The maximum absolute atomic E-state index is 12.9. The van der Waals surface area contributed by atoms with Gasteiger partial charge in [0, 0.05) is 19.3 Å².